The SMILES string of the molecule is CCCN(CCN(C)C)C(=O)c1sc(N(C)C)nc1N. The Bertz CT molecular complexity index is 444. The molecular weight excluding hydrogens is 274 g/mol. The molecule has 1 amide bonds. The molecule has 0 spiro atoms. The summed E-state index contributed by atoms with van der Waals surface area (Å²) in [5, 5.41) is 0.759. The zero-order valence-electron chi connectivity index (χ0n) is 13.0. The van der Waals surface area contributed by atoms with Crippen LogP contribution in [-0.2, 0) is 0 Å². The minimum absolute atomic E-state index is 0.0169. The zero-order valence-corrected chi connectivity index (χ0v) is 13.8. The van der Waals surface area contributed by atoms with Crippen molar-refractivity contribution in [3.05, 3.63) is 4.88 Å². The van der Waals surface area contributed by atoms with Gasteiger partial charge in [-0.25, -0.2) is 4.98 Å². The van der Waals surface area contributed by atoms with Crippen molar-refractivity contribution in [3.63, 3.8) is 0 Å². The van der Waals surface area contributed by atoms with E-state index in [1.807, 2.05) is 38.0 Å². The van der Waals surface area contributed by atoms with Crippen LogP contribution in [0.25, 0.3) is 0 Å². The van der Waals surface area contributed by atoms with Gasteiger partial charge in [0.2, 0.25) is 0 Å². The average molecular weight is 299 g/mol. The highest BCUT2D eigenvalue weighted by molar-refractivity contribution is 7.18. The fourth-order valence-corrected chi connectivity index (χ4v) is 2.59. The number of aromatic nitrogens is 1. The first-order valence-electron chi connectivity index (χ1n) is 6.74. The summed E-state index contributed by atoms with van der Waals surface area (Å²) in [7, 11) is 7.78. The molecule has 6 nitrogen and oxygen atoms in total. The third kappa shape index (κ3) is 4.35. The number of rotatable bonds is 7. The standard InChI is InChI=1S/C13H25N5OS/c1-6-7-18(9-8-16(2)3)12(19)10-11(14)15-13(20-10)17(4)5/h6-9,14H2,1-5H3. The van der Waals surface area contributed by atoms with Gasteiger partial charge in [0.25, 0.3) is 5.91 Å². The summed E-state index contributed by atoms with van der Waals surface area (Å²) in [5.74, 6) is 0.312. The number of amides is 1. The molecule has 0 aliphatic heterocycles. The van der Waals surface area contributed by atoms with E-state index in [1.165, 1.54) is 11.3 Å². The van der Waals surface area contributed by atoms with Gasteiger partial charge in [-0.3, -0.25) is 4.79 Å². The van der Waals surface area contributed by atoms with Crippen molar-refractivity contribution in [2.45, 2.75) is 13.3 Å². The van der Waals surface area contributed by atoms with Crippen LogP contribution in [-0.4, -0.2) is 68.5 Å². The van der Waals surface area contributed by atoms with Gasteiger partial charge in [-0.05, 0) is 20.5 Å². The van der Waals surface area contributed by atoms with Crippen LogP contribution < -0.4 is 10.6 Å². The Morgan fingerprint density at radius 3 is 2.30 bits per heavy atom. The number of hydrogen-bond acceptors (Lipinski definition) is 6. The van der Waals surface area contributed by atoms with Gasteiger partial charge in [0, 0.05) is 33.7 Å². The molecule has 0 bridgehead atoms. The third-order valence-electron chi connectivity index (χ3n) is 2.82. The number of nitrogens with zero attached hydrogens (tertiary/aromatic N) is 4. The van der Waals surface area contributed by atoms with Crippen molar-refractivity contribution >= 4 is 28.2 Å². The Kier molecular flexibility index (Phi) is 6.22. The van der Waals surface area contributed by atoms with E-state index in [4.69, 9.17) is 5.73 Å². The number of nitrogens with two attached hydrogens (primary N) is 1. The van der Waals surface area contributed by atoms with Gasteiger partial charge in [0.15, 0.2) is 5.13 Å². The van der Waals surface area contributed by atoms with E-state index in [2.05, 4.69) is 16.8 Å². The largest absolute Gasteiger partial charge is 0.382 e. The molecule has 0 atom stereocenters. The fraction of sp³-hybridized carbons (Fsp3) is 0.692. The van der Waals surface area contributed by atoms with Gasteiger partial charge in [-0.15, -0.1) is 0 Å². The summed E-state index contributed by atoms with van der Waals surface area (Å²) in [6, 6.07) is 0. The first-order valence-corrected chi connectivity index (χ1v) is 7.56. The van der Waals surface area contributed by atoms with Crippen molar-refractivity contribution in [2.24, 2.45) is 0 Å². The molecule has 7 heteroatoms. The maximum Gasteiger partial charge on any atom is 0.267 e. The monoisotopic (exact) mass is 299 g/mol. The van der Waals surface area contributed by atoms with Crippen LogP contribution in [0.1, 0.15) is 23.0 Å². The van der Waals surface area contributed by atoms with Crippen molar-refractivity contribution < 1.29 is 4.79 Å². The highest BCUT2D eigenvalue weighted by Crippen LogP contribution is 2.27. The first-order chi connectivity index (χ1) is 9.36. The number of likely N-dealkylation sites (N-methyl/N-ethyl adjacent to an activating group) is 1. The lowest BCUT2D eigenvalue weighted by Gasteiger charge is -2.23. The van der Waals surface area contributed by atoms with E-state index in [0.717, 1.165) is 24.6 Å². The molecule has 0 aliphatic rings. The molecule has 0 radical (unpaired) electrons. The maximum absolute atomic E-state index is 12.6. The molecular formula is C13H25N5OS. The Balaban J connectivity index is 2.88. The topological polar surface area (TPSA) is 65.7 Å². The Labute approximate surface area is 125 Å². The van der Waals surface area contributed by atoms with Gasteiger partial charge in [0.1, 0.15) is 10.7 Å². The molecule has 0 aliphatic carbocycles. The van der Waals surface area contributed by atoms with Crippen LogP contribution in [0.3, 0.4) is 0 Å². The van der Waals surface area contributed by atoms with Crippen LogP contribution in [0.2, 0.25) is 0 Å². The van der Waals surface area contributed by atoms with Crippen molar-refractivity contribution in [2.75, 3.05) is 58.5 Å². The second-order valence-corrected chi connectivity index (χ2v) is 6.18. The average Bonchev–Trinajstić information content (AvgIpc) is 2.75. The maximum atomic E-state index is 12.6. The summed E-state index contributed by atoms with van der Waals surface area (Å²) >= 11 is 1.35. The van der Waals surface area contributed by atoms with Crippen LogP contribution in [0.15, 0.2) is 0 Å². The Morgan fingerprint density at radius 2 is 1.85 bits per heavy atom. The van der Waals surface area contributed by atoms with Crippen molar-refractivity contribution in [3.8, 4) is 0 Å². The van der Waals surface area contributed by atoms with Crippen LogP contribution >= 0.6 is 11.3 Å². The first kappa shape index (κ1) is 16.7. The Hall–Kier alpha value is -1.34. The molecule has 0 unspecified atom stereocenters. The van der Waals surface area contributed by atoms with E-state index >= 15 is 0 Å². The van der Waals surface area contributed by atoms with Crippen LogP contribution in [0.4, 0.5) is 10.9 Å². The molecule has 2 N–H and O–H groups in total. The van der Waals surface area contributed by atoms with Gasteiger partial charge < -0.3 is 20.4 Å². The number of anilines is 2. The summed E-state index contributed by atoms with van der Waals surface area (Å²) in [6.07, 6.45) is 0.929. The van der Waals surface area contributed by atoms with Crippen LogP contribution in [0.5, 0.6) is 0 Å². The number of carbonyl (C=O) groups excluding carboxylic acids is 1. The van der Waals surface area contributed by atoms with Gasteiger partial charge >= 0.3 is 0 Å². The fourth-order valence-electron chi connectivity index (χ4n) is 1.71. The number of nitrogen functional groups attached to an aromatic ring is 1. The molecule has 20 heavy (non-hydrogen) atoms. The highest BCUT2D eigenvalue weighted by atomic mass is 32.1. The zero-order chi connectivity index (χ0) is 15.3. The molecule has 0 saturated carbocycles. The van der Waals surface area contributed by atoms with E-state index < -0.39 is 0 Å². The minimum atomic E-state index is -0.0169. The van der Waals surface area contributed by atoms with E-state index in [-0.39, 0.29) is 5.91 Å². The number of hydrogen-bond donors (Lipinski definition) is 1. The quantitative estimate of drug-likeness (QED) is 0.819. The summed E-state index contributed by atoms with van der Waals surface area (Å²) in [6.45, 7) is 4.35. The Morgan fingerprint density at radius 1 is 1.20 bits per heavy atom. The molecule has 1 aromatic rings. The highest BCUT2D eigenvalue weighted by Gasteiger charge is 2.22. The summed E-state index contributed by atoms with van der Waals surface area (Å²) < 4.78 is 0. The molecule has 1 aromatic heterocycles. The predicted molar refractivity (Wildman–Crippen MR) is 85.6 cm³/mol. The molecule has 0 fully saturated rings. The van der Waals surface area contributed by atoms with Gasteiger partial charge in [-0.1, -0.05) is 18.3 Å². The van der Waals surface area contributed by atoms with Crippen molar-refractivity contribution in [1.82, 2.24) is 14.8 Å². The second kappa shape index (κ2) is 7.44. The van der Waals surface area contributed by atoms with E-state index in [1.54, 1.807) is 0 Å². The summed E-state index contributed by atoms with van der Waals surface area (Å²) in [4.78, 5) is 23.1. The van der Waals surface area contributed by atoms with Crippen LogP contribution in [0, 0.1) is 0 Å². The lowest BCUT2D eigenvalue weighted by molar-refractivity contribution is 0.0750. The second-order valence-electron chi connectivity index (χ2n) is 5.20. The minimum Gasteiger partial charge on any atom is -0.382 e. The molecule has 0 aromatic carbocycles. The number of thiazole rings is 1. The summed E-state index contributed by atoms with van der Waals surface area (Å²) in [5.41, 5.74) is 5.88. The lowest BCUT2D eigenvalue weighted by atomic mass is 10.3. The lowest BCUT2D eigenvalue weighted by Crippen LogP contribution is -2.37. The molecule has 1 rings (SSSR count). The van der Waals surface area contributed by atoms with Gasteiger partial charge in [-0.2, -0.15) is 0 Å². The molecule has 114 valence electrons. The van der Waals surface area contributed by atoms with E-state index in [0.29, 0.717) is 17.2 Å². The third-order valence-corrected chi connectivity index (χ3v) is 4.04. The smallest absolute Gasteiger partial charge is 0.267 e. The number of carbonyl (C=O) groups is 1. The molecule has 1 heterocycles. The predicted octanol–water partition coefficient (Wildman–Crippen LogP) is 1.21. The van der Waals surface area contributed by atoms with Crippen molar-refractivity contribution in [1.29, 1.82) is 0 Å². The molecule has 0 saturated heterocycles. The van der Waals surface area contributed by atoms with E-state index in [9.17, 15) is 4.79 Å². The normalized spacial score (nSPS) is 10.9. The van der Waals surface area contributed by atoms with Gasteiger partial charge in [0.05, 0.1) is 0 Å².